The number of ether oxygens (including phenoxy) is 1. The molecule has 0 fully saturated rings. The van der Waals surface area contributed by atoms with E-state index in [1.165, 1.54) is 12.1 Å². The lowest BCUT2D eigenvalue weighted by Crippen LogP contribution is -2.32. The second-order valence-corrected chi connectivity index (χ2v) is 8.10. The molecule has 27 heavy (non-hydrogen) atoms. The molecule has 2 rings (SSSR count). The molecule has 146 valence electrons. The third-order valence-corrected chi connectivity index (χ3v) is 5.76. The van der Waals surface area contributed by atoms with Gasteiger partial charge in [-0.3, -0.25) is 4.79 Å². The summed E-state index contributed by atoms with van der Waals surface area (Å²) in [7, 11) is -3.55. The first kappa shape index (κ1) is 20.9. The van der Waals surface area contributed by atoms with E-state index in [1.54, 1.807) is 12.1 Å². The van der Waals surface area contributed by atoms with Crippen LogP contribution in [0.15, 0.2) is 59.5 Å². The fourth-order valence-corrected chi connectivity index (χ4v) is 3.72. The Bertz CT molecular complexity index is 836. The quantitative estimate of drug-likeness (QED) is 0.689. The molecule has 2 aromatic rings. The van der Waals surface area contributed by atoms with E-state index in [9.17, 15) is 13.2 Å². The number of rotatable bonds is 9. The number of carbonyl (C=O) groups excluding carboxylic acids is 1. The van der Waals surface area contributed by atoms with Crippen LogP contribution in [0.4, 0.5) is 0 Å². The maximum absolute atomic E-state index is 12.2. The Morgan fingerprint density at radius 1 is 1.04 bits per heavy atom. The minimum absolute atomic E-state index is 0.124. The van der Waals surface area contributed by atoms with Gasteiger partial charge in [0.1, 0.15) is 5.75 Å². The van der Waals surface area contributed by atoms with E-state index in [4.69, 9.17) is 4.74 Å². The second-order valence-electron chi connectivity index (χ2n) is 6.39. The Morgan fingerprint density at radius 2 is 1.67 bits per heavy atom. The van der Waals surface area contributed by atoms with Crippen LogP contribution in [-0.2, 0) is 14.8 Å². The molecule has 2 aromatic carbocycles. The van der Waals surface area contributed by atoms with E-state index in [0.717, 1.165) is 5.56 Å². The first-order valence-corrected chi connectivity index (χ1v) is 10.4. The van der Waals surface area contributed by atoms with Crippen molar-refractivity contribution in [2.24, 2.45) is 0 Å². The van der Waals surface area contributed by atoms with Crippen molar-refractivity contribution < 1.29 is 17.9 Å². The van der Waals surface area contributed by atoms with Crippen LogP contribution in [0.25, 0.3) is 0 Å². The van der Waals surface area contributed by atoms with Crippen LogP contribution in [0.1, 0.15) is 38.8 Å². The van der Waals surface area contributed by atoms with E-state index >= 15 is 0 Å². The molecule has 0 spiro atoms. The van der Waals surface area contributed by atoms with Gasteiger partial charge in [-0.15, -0.1) is 0 Å². The molecule has 0 aliphatic rings. The summed E-state index contributed by atoms with van der Waals surface area (Å²) in [6.45, 7) is 5.48. The van der Waals surface area contributed by atoms with Gasteiger partial charge < -0.3 is 10.1 Å². The van der Waals surface area contributed by atoms with Gasteiger partial charge in [0, 0.05) is 6.04 Å². The molecule has 2 N–H and O–H groups in total. The number of benzene rings is 2. The standard InChI is InChI=1S/C20H26N2O4S/c1-4-15(2)22-27(24,25)19-12-10-18(11-13-19)26-14-20(23)21-16(3)17-8-6-5-7-9-17/h5-13,15-16,22H,4,14H2,1-3H3,(H,21,23)/t15-,16+/m0/s1. The maximum atomic E-state index is 12.2. The number of nitrogens with one attached hydrogen (secondary N) is 2. The zero-order valence-electron chi connectivity index (χ0n) is 15.8. The van der Waals surface area contributed by atoms with Crippen LogP contribution in [0, 0.1) is 0 Å². The number of amides is 1. The van der Waals surface area contributed by atoms with Gasteiger partial charge >= 0.3 is 0 Å². The Labute approximate surface area is 161 Å². The van der Waals surface area contributed by atoms with Gasteiger partial charge in [-0.05, 0) is 50.1 Å². The second kappa shape index (κ2) is 9.53. The first-order chi connectivity index (χ1) is 12.8. The summed E-state index contributed by atoms with van der Waals surface area (Å²) >= 11 is 0. The molecule has 0 radical (unpaired) electrons. The largest absolute Gasteiger partial charge is 0.484 e. The minimum atomic E-state index is -3.55. The summed E-state index contributed by atoms with van der Waals surface area (Å²) in [6.07, 6.45) is 0.705. The predicted molar refractivity (Wildman–Crippen MR) is 105 cm³/mol. The highest BCUT2D eigenvalue weighted by atomic mass is 32.2. The lowest BCUT2D eigenvalue weighted by Gasteiger charge is -2.15. The van der Waals surface area contributed by atoms with Gasteiger partial charge in [-0.25, -0.2) is 13.1 Å². The van der Waals surface area contributed by atoms with Crippen LogP contribution in [0.3, 0.4) is 0 Å². The van der Waals surface area contributed by atoms with Gasteiger partial charge in [0.2, 0.25) is 10.0 Å². The van der Waals surface area contributed by atoms with E-state index in [0.29, 0.717) is 12.2 Å². The molecule has 1 amide bonds. The van der Waals surface area contributed by atoms with Crippen molar-refractivity contribution in [2.75, 3.05) is 6.61 Å². The zero-order valence-corrected chi connectivity index (χ0v) is 16.6. The van der Waals surface area contributed by atoms with E-state index in [1.807, 2.05) is 51.1 Å². The molecule has 7 heteroatoms. The normalized spacial score (nSPS) is 13.6. The van der Waals surface area contributed by atoms with Gasteiger partial charge in [-0.1, -0.05) is 37.3 Å². The maximum Gasteiger partial charge on any atom is 0.258 e. The SMILES string of the molecule is CC[C@H](C)NS(=O)(=O)c1ccc(OCC(=O)N[C@H](C)c2ccccc2)cc1. The Morgan fingerprint density at radius 3 is 2.26 bits per heavy atom. The van der Waals surface area contributed by atoms with Gasteiger partial charge in [0.05, 0.1) is 10.9 Å². The summed E-state index contributed by atoms with van der Waals surface area (Å²) in [5.41, 5.74) is 1.01. The summed E-state index contributed by atoms with van der Waals surface area (Å²) in [4.78, 5) is 12.2. The summed E-state index contributed by atoms with van der Waals surface area (Å²) < 4.78 is 32.5. The molecule has 6 nitrogen and oxygen atoms in total. The first-order valence-electron chi connectivity index (χ1n) is 8.91. The van der Waals surface area contributed by atoms with Crippen LogP contribution in [-0.4, -0.2) is 27.0 Å². The van der Waals surface area contributed by atoms with E-state index in [2.05, 4.69) is 10.0 Å². The van der Waals surface area contributed by atoms with Crippen LogP contribution >= 0.6 is 0 Å². The van der Waals surface area contributed by atoms with Crippen molar-refractivity contribution >= 4 is 15.9 Å². The number of hydrogen-bond donors (Lipinski definition) is 2. The third-order valence-electron chi connectivity index (χ3n) is 4.15. The lowest BCUT2D eigenvalue weighted by atomic mass is 10.1. The minimum Gasteiger partial charge on any atom is -0.484 e. The number of sulfonamides is 1. The molecule has 0 aliphatic carbocycles. The highest BCUT2D eigenvalue weighted by Gasteiger charge is 2.16. The Balaban J connectivity index is 1.88. The number of hydrogen-bond acceptors (Lipinski definition) is 4. The Hall–Kier alpha value is -2.38. The monoisotopic (exact) mass is 390 g/mol. The van der Waals surface area contributed by atoms with Crippen LogP contribution in [0.2, 0.25) is 0 Å². The van der Waals surface area contributed by atoms with Gasteiger partial charge in [0.15, 0.2) is 6.61 Å². The average Bonchev–Trinajstić information content (AvgIpc) is 2.67. The average molecular weight is 391 g/mol. The predicted octanol–water partition coefficient (Wildman–Crippen LogP) is 3.02. The van der Waals surface area contributed by atoms with Crippen molar-refractivity contribution in [3.05, 3.63) is 60.2 Å². The van der Waals surface area contributed by atoms with Crippen molar-refractivity contribution in [1.29, 1.82) is 0 Å². The highest BCUT2D eigenvalue weighted by molar-refractivity contribution is 7.89. The summed E-state index contributed by atoms with van der Waals surface area (Å²) in [5, 5.41) is 2.86. The van der Waals surface area contributed by atoms with E-state index in [-0.39, 0.29) is 29.5 Å². The fraction of sp³-hybridized carbons (Fsp3) is 0.350. The smallest absolute Gasteiger partial charge is 0.258 e. The molecule has 0 aromatic heterocycles. The van der Waals surface area contributed by atoms with Crippen molar-refractivity contribution in [2.45, 2.75) is 44.2 Å². The molecule has 0 unspecified atom stereocenters. The fourth-order valence-electron chi connectivity index (χ4n) is 2.39. The molecular formula is C20H26N2O4S. The van der Waals surface area contributed by atoms with Crippen LogP contribution < -0.4 is 14.8 Å². The number of carbonyl (C=O) groups is 1. The highest BCUT2D eigenvalue weighted by Crippen LogP contribution is 2.17. The summed E-state index contributed by atoms with van der Waals surface area (Å²) in [5.74, 6) is 0.182. The molecule has 0 aliphatic heterocycles. The molecule has 0 saturated heterocycles. The topological polar surface area (TPSA) is 84.5 Å². The van der Waals surface area contributed by atoms with Crippen molar-refractivity contribution in [3.63, 3.8) is 0 Å². The molecule has 0 bridgehead atoms. The summed E-state index contributed by atoms with van der Waals surface area (Å²) in [6, 6.07) is 15.4. The van der Waals surface area contributed by atoms with Crippen LogP contribution in [0.5, 0.6) is 5.75 Å². The van der Waals surface area contributed by atoms with Crippen molar-refractivity contribution in [1.82, 2.24) is 10.0 Å². The van der Waals surface area contributed by atoms with E-state index < -0.39 is 10.0 Å². The van der Waals surface area contributed by atoms with Gasteiger partial charge in [-0.2, -0.15) is 0 Å². The van der Waals surface area contributed by atoms with Gasteiger partial charge in [0.25, 0.3) is 5.91 Å². The van der Waals surface area contributed by atoms with Crippen molar-refractivity contribution in [3.8, 4) is 5.75 Å². The third kappa shape index (κ3) is 6.37. The molecule has 0 heterocycles. The zero-order chi connectivity index (χ0) is 19.9. The molecular weight excluding hydrogens is 364 g/mol. The molecule has 0 saturated carbocycles. The Kier molecular flexibility index (Phi) is 7.38. The lowest BCUT2D eigenvalue weighted by molar-refractivity contribution is -0.123. The molecule has 2 atom stereocenters.